The highest BCUT2D eigenvalue weighted by molar-refractivity contribution is 7.92. The molecule has 0 aliphatic heterocycles. The Hall–Kier alpha value is -2.29. The Morgan fingerprint density at radius 3 is 2.24 bits per heavy atom. The number of aryl methyl sites for hydroxylation is 1. The molecule has 0 saturated carbocycles. The number of halogens is 2. The Labute approximate surface area is 205 Å². The van der Waals surface area contributed by atoms with Gasteiger partial charge in [0.25, 0.3) is 0 Å². The van der Waals surface area contributed by atoms with Crippen molar-refractivity contribution in [1.29, 1.82) is 0 Å². The molecular weight excluding hydrogens is 485 g/mol. The predicted octanol–water partition coefficient (Wildman–Crippen LogP) is 4.01. The van der Waals surface area contributed by atoms with Gasteiger partial charge in [0.15, 0.2) is 0 Å². The highest BCUT2D eigenvalue weighted by Crippen LogP contribution is 2.33. The fraction of sp³-hybridized carbons (Fsp3) is 0.391. The van der Waals surface area contributed by atoms with Crippen molar-refractivity contribution in [2.45, 2.75) is 46.3 Å². The van der Waals surface area contributed by atoms with E-state index in [0.717, 1.165) is 21.7 Å². The van der Waals surface area contributed by atoms with Crippen molar-refractivity contribution in [2.24, 2.45) is 0 Å². The summed E-state index contributed by atoms with van der Waals surface area (Å²) < 4.78 is 26.1. The summed E-state index contributed by atoms with van der Waals surface area (Å²) in [5.41, 5.74) is 1.89. The predicted molar refractivity (Wildman–Crippen MR) is 133 cm³/mol. The molecular formula is C23H29Cl2N3O4S. The van der Waals surface area contributed by atoms with Crippen LogP contribution in [0.25, 0.3) is 0 Å². The van der Waals surface area contributed by atoms with Gasteiger partial charge in [-0.15, -0.1) is 0 Å². The smallest absolute Gasteiger partial charge is 0.244 e. The molecule has 0 aliphatic rings. The van der Waals surface area contributed by atoms with Gasteiger partial charge in [-0.05, 0) is 51.0 Å². The highest BCUT2D eigenvalue weighted by Gasteiger charge is 2.31. The van der Waals surface area contributed by atoms with Crippen molar-refractivity contribution in [3.63, 3.8) is 0 Å². The molecule has 0 spiro atoms. The second-order valence-corrected chi connectivity index (χ2v) is 10.8. The molecule has 0 aromatic heterocycles. The topological polar surface area (TPSA) is 86.8 Å². The van der Waals surface area contributed by atoms with Gasteiger partial charge >= 0.3 is 0 Å². The zero-order valence-corrected chi connectivity index (χ0v) is 21.6. The molecule has 2 aromatic carbocycles. The molecule has 0 heterocycles. The van der Waals surface area contributed by atoms with Gasteiger partial charge < -0.3 is 10.2 Å². The lowest BCUT2D eigenvalue weighted by atomic mass is 10.1. The fourth-order valence-electron chi connectivity index (χ4n) is 3.24. The fourth-order valence-corrected chi connectivity index (χ4v) is 4.54. The molecule has 7 nitrogen and oxygen atoms in total. The van der Waals surface area contributed by atoms with Gasteiger partial charge in [-0.3, -0.25) is 13.9 Å². The first-order valence-corrected chi connectivity index (χ1v) is 13.0. The van der Waals surface area contributed by atoms with Gasteiger partial charge in [-0.2, -0.15) is 0 Å². The first-order chi connectivity index (χ1) is 15.3. The molecule has 1 atom stereocenters. The molecule has 2 rings (SSSR count). The van der Waals surface area contributed by atoms with Crippen LogP contribution in [0.3, 0.4) is 0 Å². The van der Waals surface area contributed by atoms with Gasteiger partial charge in [0, 0.05) is 12.6 Å². The summed E-state index contributed by atoms with van der Waals surface area (Å²) in [6.07, 6.45) is 0.984. The lowest BCUT2D eigenvalue weighted by molar-refractivity contribution is -0.139. The Morgan fingerprint density at radius 1 is 1.03 bits per heavy atom. The molecule has 33 heavy (non-hydrogen) atoms. The molecule has 0 aliphatic carbocycles. The van der Waals surface area contributed by atoms with E-state index in [1.165, 1.54) is 17.0 Å². The van der Waals surface area contributed by atoms with E-state index in [2.05, 4.69) is 5.32 Å². The molecule has 0 unspecified atom stereocenters. The average molecular weight is 514 g/mol. The third-order valence-corrected chi connectivity index (χ3v) is 7.01. The minimum Gasteiger partial charge on any atom is -0.352 e. The molecule has 1 N–H and O–H groups in total. The molecule has 180 valence electrons. The van der Waals surface area contributed by atoms with Crippen LogP contribution in [0, 0.1) is 6.92 Å². The first-order valence-electron chi connectivity index (χ1n) is 10.4. The largest absolute Gasteiger partial charge is 0.352 e. The summed E-state index contributed by atoms with van der Waals surface area (Å²) in [5, 5.41) is 2.99. The average Bonchev–Trinajstić information content (AvgIpc) is 2.71. The van der Waals surface area contributed by atoms with Crippen molar-refractivity contribution >= 4 is 50.7 Å². The molecule has 10 heteroatoms. The van der Waals surface area contributed by atoms with Gasteiger partial charge in [0.2, 0.25) is 21.8 Å². The monoisotopic (exact) mass is 513 g/mol. The van der Waals surface area contributed by atoms with Crippen LogP contribution in [0.15, 0.2) is 42.5 Å². The second-order valence-electron chi connectivity index (χ2n) is 8.13. The number of amides is 2. The van der Waals surface area contributed by atoms with Crippen LogP contribution in [0.2, 0.25) is 10.0 Å². The molecule has 2 aromatic rings. The van der Waals surface area contributed by atoms with Crippen LogP contribution < -0.4 is 9.62 Å². The van der Waals surface area contributed by atoms with Crippen LogP contribution in [-0.4, -0.2) is 50.0 Å². The van der Waals surface area contributed by atoms with Crippen molar-refractivity contribution in [3.05, 3.63) is 63.6 Å². The van der Waals surface area contributed by atoms with Crippen molar-refractivity contribution in [2.75, 3.05) is 17.1 Å². The standard InChI is InChI=1S/C23H29Cl2N3O4S/c1-15(2)26-23(30)17(4)27(13-18-10-7-6-9-16(18)3)21(29)14-28(33(5,31)32)20-12-8-11-19(24)22(20)25/h6-12,15,17H,13-14H2,1-5H3,(H,26,30)/t17-/m1/s1. The van der Waals surface area contributed by atoms with Gasteiger partial charge in [0.05, 0.1) is 22.0 Å². The Bertz CT molecular complexity index is 1120. The number of sulfonamides is 1. The van der Waals surface area contributed by atoms with E-state index < -0.39 is 28.5 Å². The van der Waals surface area contributed by atoms with E-state index in [-0.39, 0.29) is 34.2 Å². The van der Waals surface area contributed by atoms with Crippen LogP contribution >= 0.6 is 23.2 Å². The zero-order valence-electron chi connectivity index (χ0n) is 19.3. The quantitative estimate of drug-likeness (QED) is 0.548. The highest BCUT2D eigenvalue weighted by atomic mass is 35.5. The number of nitrogens with zero attached hydrogens (tertiary/aromatic N) is 2. The van der Waals surface area contributed by atoms with E-state index in [4.69, 9.17) is 23.2 Å². The number of hydrogen-bond donors (Lipinski definition) is 1. The number of benzene rings is 2. The maximum Gasteiger partial charge on any atom is 0.244 e. The maximum absolute atomic E-state index is 13.5. The number of carbonyl (C=O) groups excluding carboxylic acids is 2. The van der Waals surface area contributed by atoms with Gasteiger partial charge in [0.1, 0.15) is 12.6 Å². The molecule has 2 amide bonds. The second kappa shape index (κ2) is 11.2. The number of rotatable bonds is 9. The summed E-state index contributed by atoms with van der Waals surface area (Å²) in [6, 6.07) is 11.1. The summed E-state index contributed by atoms with van der Waals surface area (Å²) in [7, 11) is -3.89. The lowest BCUT2D eigenvalue weighted by Gasteiger charge is -2.32. The third kappa shape index (κ3) is 7.09. The molecule has 0 saturated heterocycles. The number of anilines is 1. The van der Waals surface area contributed by atoms with Crippen LogP contribution in [0.1, 0.15) is 31.9 Å². The van der Waals surface area contributed by atoms with Crippen molar-refractivity contribution in [1.82, 2.24) is 10.2 Å². The van der Waals surface area contributed by atoms with E-state index in [1.54, 1.807) is 13.0 Å². The number of hydrogen-bond acceptors (Lipinski definition) is 4. The number of carbonyl (C=O) groups is 2. The Balaban J connectivity index is 2.45. The summed E-state index contributed by atoms with van der Waals surface area (Å²) in [6.45, 7) is 6.77. The summed E-state index contributed by atoms with van der Waals surface area (Å²) in [4.78, 5) is 27.6. The normalized spacial score (nSPS) is 12.4. The van der Waals surface area contributed by atoms with Crippen LogP contribution in [0.5, 0.6) is 0 Å². The SMILES string of the molecule is Cc1ccccc1CN(C(=O)CN(c1cccc(Cl)c1Cl)S(C)(=O)=O)[C@H](C)C(=O)NC(C)C. The molecule has 0 radical (unpaired) electrons. The van der Waals surface area contributed by atoms with E-state index in [1.807, 2.05) is 45.0 Å². The lowest BCUT2D eigenvalue weighted by Crippen LogP contribution is -2.52. The Morgan fingerprint density at radius 2 is 1.67 bits per heavy atom. The van der Waals surface area contributed by atoms with Crippen LogP contribution in [0.4, 0.5) is 5.69 Å². The van der Waals surface area contributed by atoms with Crippen molar-refractivity contribution < 1.29 is 18.0 Å². The van der Waals surface area contributed by atoms with Gasteiger partial charge in [-0.25, -0.2) is 8.42 Å². The summed E-state index contributed by atoms with van der Waals surface area (Å²) in [5.74, 6) is -0.884. The number of nitrogens with one attached hydrogen (secondary N) is 1. The third-order valence-electron chi connectivity index (χ3n) is 5.08. The van der Waals surface area contributed by atoms with Gasteiger partial charge in [-0.1, -0.05) is 53.5 Å². The minimum absolute atomic E-state index is 0.0217. The summed E-state index contributed by atoms with van der Waals surface area (Å²) >= 11 is 12.3. The first kappa shape index (κ1) is 27.0. The maximum atomic E-state index is 13.5. The van der Waals surface area contributed by atoms with Crippen molar-refractivity contribution in [3.8, 4) is 0 Å². The van der Waals surface area contributed by atoms with E-state index in [0.29, 0.717) is 0 Å². The minimum atomic E-state index is -3.89. The Kier molecular flexibility index (Phi) is 9.17. The van der Waals surface area contributed by atoms with Crippen LogP contribution in [-0.2, 0) is 26.2 Å². The molecule has 0 bridgehead atoms. The van der Waals surface area contributed by atoms with E-state index >= 15 is 0 Å². The van der Waals surface area contributed by atoms with E-state index in [9.17, 15) is 18.0 Å². The molecule has 0 fully saturated rings. The zero-order chi connectivity index (χ0) is 24.9.